The van der Waals surface area contributed by atoms with E-state index in [2.05, 4.69) is 216 Å². The molecule has 0 aliphatic rings. The van der Waals surface area contributed by atoms with Crippen LogP contribution in [0.1, 0.15) is 0 Å². The van der Waals surface area contributed by atoms with E-state index in [9.17, 15) is 0 Å². The van der Waals surface area contributed by atoms with Crippen molar-refractivity contribution in [2.75, 3.05) is 4.90 Å². The highest BCUT2D eigenvalue weighted by Gasteiger charge is 2.25. The van der Waals surface area contributed by atoms with Gasteiger partial charge in [-0.2, -0.15) is 0 Å². The van der Waals surface area contributed by atoms with Gasteiger partial charge in [0.25, 0.3) is 0 Å². The van der Waals surface area contributed by atoms with Crippen molar-refractivity contribution >= 4 is 38.9 Å². The highest BCUT2D eigenvalue weighted by atomic mass is 15.2. The monoisotopic (exact) mass is 638 g/mol. The van der Waals surface area contributed by atoms with E-state index < -0.39 is 0 Å². The highest BCUT2D eigenvalue weighted by molar-refractivity contribution is 6.17. The van der Waals surface area contributed by atoms with Crippen molar-refractivity contribution in [3.8, 4) is 39.1 Å². The fourth-order valence-electron chi connectivity index (χ4n) is 7.35. The standard InChI is InChI=1S/C48H34N2/c1-5-18-35(19-6-1)38-32-33-45(42(34-38)37-22-9-3-10-23-37)50(43-28-15-13-26-40(43)36-20-7-2-8-21-36)47-31-17-30-46-48(47)41-27-14-16-29-44(41)49(46)39-24-11-4-12-25-39/h1-34H. The molecule has 1 heterocycles. The summed E-state index contributed by atoms with van der Waals surface area (Å²) in [6.07, 6.45) is 0. The van der Waals surface area contributed by atoms with Crippen LogP contribution in [0.5, 0.6) is 0 Å². The Morgan fingerprint density at radius 3 is 1.56 bits per heavy atom. The molecule has 2 nitrogen and oxygen atoms in total. The molecule has 2 heteroatoms. The van der Waals surface area contributed by atoms with E-state index in [0.717, 1.165) is 22.7 Å². The predicted octanol–water partition coefficient (Wildman–Crippen LogP) is 13.3. The Kier molecular flexibility index (Phi) is 7.53. The molecule has 1 aromatic heterocycles. The Labute approximate surface area is 292 Å². The number of aromatic nitrogens is 1. The molecule has 0 saturated carbocycles. The number of anilines is 3. The van der Waals surface area contributed by atoms with Gasteiger partial charge in [-0.05, 0) is 70.8 Å². The molecule has 0 unspecified atom stereocenters. The van der Waals surface area contributed by atoms with E-state index >= 15 is 0 Å². The molecule has 50 heavy (non-hydrogen) atoms. The van der Waals surface area contributed by atoms with Gasteiger partial charge in [0.2, 0.25) is 0 Å². The van der Waals surface area contributed by atoms with Crippen LogP contribution in [-0.2, 0) is 0 Å². The van der Waals surface area contributed by atoms with Gasteiger partial charge in [0.1, 0.15) is 0 Å². The van der Waals surface area contributed by atoms with E-state index in [1.165, 1.54) is 55.2 Å². The maximum atomic E-state index is 2.49. The van der Waals surface area contributed by atoms with Crippen molar-refractivity contribution < 1.29 is 0 Å². The Balaban J connectivity index is 1.40. The van der Waals surface area contributed by atoms with Gasteiger partial charge in [0.15, 0.2) is 0 Å². The third kappa shape index (κ3) is 5.15. The minimum atomic E-state index is 1.11. The lowest BCUT2D eigenvalue weighted by Gasteiger charge is -2.31. The zero-order valence-corrected chi connectivity index (χ0v) is 27.5. The van der Waals surface area contributed by atoms with Crippen molar-refractivity contribution in [2.24, 2.45) is 0 Å². The van der Waals surface area contributed by atoms with Gasteiger partial charge in [0.05, 0.1) is 28.1 Å². The van der Waals surface area contributed by atoms with Crippen LogP contribution in [0.2, 0.25) is 0 Å². The lowest BCUT2D eigenvalue weighted by atomic mass is 9.95. The van der Waals surface area contributed by atoms with Crippen molar-refractivity contribution in [1.29, 1.82) is 0 Å². The van der Waals surface area contributed by atoms with Crippen molar-refractivity contribution in [3.63, 3.8) is 0 Å². The number of rotatable bonds is 7. The quantitative estimate of drug-likeness (QED) is 0.169. The van der Waals surface area contributed by atoms with Crippen LogP contribution >= 0.6 is 0 Å². The van der Waals surface area contributed by atoms with Crippen molar-refractivity contribution in [1.82, 2.24) is 4.57 Å². The molecule has 0 aliphatic heterocycles. The first kappa shape index (κ1) is 29.5. The van der Waals surface area contributed by atoms with Crippen LogP contribution in [0.4, 0.5) is 17.1 Å². The lowest BCUT2D eigenvalue weighted by Crippen LogP contribution is -2.13. The molecule has 0 spiro atoms. The smallest absolute Gasteiger partial charge is 0.0562 e. The molecule has 0 saturated heterocycles. The van der Waals surface area contributed by atoms with E-state index in [1.807, 2.05) is 0 Å². The Morgan fingerprint density at radius 2 is 0.840 bits per heavy atom. The number of fused-ring (bicyclic) bond motifs is 3. The molecule has 0 atom stereocenters. The Morgan fingerprint density at radius 1 is 0.320 bits per heavy atom. The first-order chi connectivity index (χ1) is 24.8. The van der Waals surface area contributed by atoms with Gasteiger partial charge in [-0.15, -0.1) is 0 Å². The Hall–Kier alpha value is -6.64. The van der Waals surface area contributed by atoms with Gasteiger partial charge in [-0.1, -0.05) is 158 Å². The molecule has 0 N–H and O–H groups in total. The average Bonchev–Trinajstić information content (AvgIpc) is 3.55. The molecule has 236 valence electrons. The normalized spacial score (nSPS) is 11.2. The van der Waals surface area contributed by atoms with Gasteiger partial charge in [-0.25, -0.2) is 0 Å². The number of hydrogen-bond acceptors (Lipinski definition) is 1. The summed E-state index contributed by atoms with van der Waals surface area (Å²) in [6.45, 7) is 0. The number of hydrogen-bond donors (Lipinski definition) is 0. The summed E-state index contributed by atoms with van der Waals surface area (Å²) in [6, 6.07) is 74.1. The second-order valence-electron chi connectivity index (χ2n) is 12.5. The summed E-state index contributed by atoms with van der Waals surface area (Å²) < 4.78 is 2.39. The van der Waals surface area contributed by atoms with Crippen molar-refractivity contribution in [2.45, 2.75) is 0 Å². The maximum Gasteiger partial charge on any atom is 0.0562 e. The second-order valence-corrected chi connectivity index (χ2v) is 12.5. The van der Waals surface area contributed by atoms with Gasteiger partial charge in [0, 0.05) is 27.6 Å². The second kappa shape index (κ2) is 12.8. The summed E-state index contributed by atoms with van der Waals surface area (Å²) in [4.78, 5) is 2.49. The van der Waals surface area contributed by atoms with Crippen LogP contribution in [0.25, 0.3) is 60.9 Å². The Bertz CT molecular complexity index is 2570. The molecular weight excluding hydrogens is 605 g/mol. The fourth-order valence-corrected chi connectivity index (χ4v) is 7.35. The third-order valence-electron chi connectivity index (χ3n) is 9.59. The summed E-state index contributed by atoms with van der Waals surface area (Å²) in [5, 5.41) is 2.42. The molecule has 0 fully saturated rings. The number of nitrogens with zero attached hydrogens (tertiary/aromatic N) is 2. The molecule has 9 rings (SSSR count). The number of benzene rings is 8. The third-order valence-corrected chi connectivity index (χ3v) is 9.59. The van der Waals surface area contributed by atoms with Gasteiger partial charge >= 0.3 is 0 Å². The summed E-state index contributed by atoms with van der Waals surface area (Å²) in [5.41, 5.74) is 13.9. The molecule has 0 radical (unpaired) electrons. The maximum absolute atomic E-state index is 2.49. The van der Waals surface area contributed by atoms with Crippen LogP contribution < -0.4 is 4.90 Å². The van der Waals surface area contributed by atoms with E-state index in [-0.39, 0.29) is 0 Å². The van der Waals surface area contributed by atoms with Gasteiger partial charge < -0.3 is 9.47 Å². The molecule has 0 bridgehead atoms. The number of para-hydroxylation sites is 3. The van der Waals surface area contributed by atoms with Crippen LogP contribution in [-0.4, -0.2) is 4.57 Å². The zero-order valence-electron chi connectivity index (χ0n) is 27.5. The fraction of sp³-hybridized carbons (Fsp3) is 0. The molecule has 0 aliphatic carbocycles. The van der Waals surface area contributed by atoms with Gasteiger partial charge in [-0.3, -0.25) is 0 Å². The zero-order chi connectivity index (χ0) is 33.3. The molecular formula is C48H34N2. The predicted molar refractivity (Wildman–Crippen MR) is 212 cm³/mol. The first-order valence-electron chi connectivity index (χ1n) is 17.1. The van der Waals surface area contributed by atoms with E-state index in [0.29, 0.717) is 0 Å². The summed E-state index contributed by atoms with van der Waals surface area (Å²) >= 11 is 0. The largest absolute Gasteiger partial charge is 0.309 e. The van der Waals surface area contributed by atoms with Crippen LogP contribution in [0.3, 0.4) is 0 Å². The van der Waals surface area contributed by atoms with E-state index in [1.54, 1.807) is 0 Å². The van der Waals surface area contributed by atoms with E-state index in [4.69, 9.17) is 0 Å². The molecule has 9 aromatic rings. The van der Waals surface area contributed by atoms with Crippen LogP contribution in [0.15, 0.2) is 206 Å². The molecule has 8 aromatic carbocycles. The highest BCUT2D eigenvalue weighted by Crippen LogP contribution is 2.49. The minimum Gasteiger partial charge on any atom is -0.309 e. The SMILES string of the molecule is c1ccc(-c2ccc(N(c3ccccc3-c3ccccc3)c3cccc4c3c3ccccc3n4-c3ccccc3)c(-c3ccccc3)c2)cc1. The minimum absolute atomic E-state index is 1.11. The average molecular weight is 639 g/mol. The topological polar surface area (TPSA) is 8.17 Å². The van der Waals surface area contributed by atoms with Crippen molar-refractivity contribution in [3.05, 3.63) is 206 Å². The first-order valence-corrected chi connectivity index (χ1v) is 17.1. The summed E-state index contributed by atoms with van der Waals surface area (Å²) in [5.74, 6) is 0. The summed E-state index contributed by atoms with van der Waals surface area (Å²) in [7, 11) is 0. The lowest BCUT2D eigenvalue weighted by molar-refractivity contribution is 1.18. The molecule has 0 amide bonds. The van der Waals surface area contributed by atoms with Crippen LogP contribution in [0, 0.1) is 0 Å².